The van der Waals surface area contributed by atoms with Crippen LogP contribution in [0.5, 0.6) is 6.01 Å². The fraction of sp³-hybridized carbons (Fsp3) is 0.581. The van der Waals surface area contributed by atoms with Gasteiger partial charge >= 0.3 is 12.1 Å². The second kappa shape index (κ2) is 13.8. The monoisotopic (exact) mass is 747 g/mol. The number of piperazine rings is 1. The molecule has 0 bridgehead atoms. The maximum absolute atomic E-state index is 13.1. The summed E-state index contributed by atoms with van der Waals surface area (Å²) in [6, 6.07) is 6.62. The first-order valence-corrected chi connectivity index (χ1v) is 19.4. The molecular formula is C31H43IN9O3P. The van der Waals surface area contributed by atoms with Gasteiger partial charge in [-0.25, -0.2) is 9.25 Å². The molecule has 242 valence electrons. The van der Waals surface area contributed by atoms with E-state index in [1.165, 1.54) is 11.3 Å². The van der Waals surface area contributed by atoms with Crippen molar-refractivity contribution in [2.75, 3.05) is 56.6 Å². The Labute approximate surface area is 280 Å². The van der Waals surface area contributed by atoms with Crippen LogP contribution in [0, 0.1) is 18.3 Å². The number of rotatable bonds is 8. The molecule has 2 unspecified atom stereocenters. The molecule has 0 spiro atoms. The summed E-state index contributed by atoms with van der Waals surface area (Å²) >= 11 is 2.36. The number of carbonyl (C=O) groups is 1. The summed E-state index contributed by atoms with van der Waals surface area (Å²) in [6.45, 7) is 13.3. The van der Waals surface area contributed by atoms with Crippen LogP contribution in [0.25, 0.3) is 10.9 Å². The number of ether oxygens (including phenoxy) is 2. The molecule has 1 aromatic carbocycles. The predicted molar refractivity (Wildman–Crippen MR) is 187 cm³/mol. The van der Waals surface area contributed by atoms with E-state index in [4.69, 9.17) is 19.4 Å². The zero-order chi connectivity index (χ0) is 32.5. The molecule has 14 heteroatoms. The Bertz CT molecular complexity index is 1580. The number of carbonyl (C=O) groups excluding carboxylic acids is 1. The summed E-state index contributed by atoms with van der Waals surface area (Å²) in [6.07, 6.45) is 2.95. The van der Waals surface area contributed by atoms with Gasteiger partial charge < -0.3 is 29.1 Å². The van der Waals surface area contributed by atoms with E-state index in [2.05, 4.69) is 67.0 Å². The zero-order valence-electron chi connectivity index (χ0n) is 27.2. The molecule has 1 amide bonds. The van der Waals surface area contributed by atoms with Crippen LogP contribution in [-0.4, -0.2) is 100.0 Å². The number of amides is 1. The number of likely N-dealkylation sites (N-methyl/N-ethyl adjacent to an activating group) is 1. The van der Waals surface area contributed by atoms with Crippen LogP contribution in [0.4, 0.5) is 16.3 Å². The van der Waals surface area contributed by atoms with Crippen molar-refractivity contribution in [3.8, 4) is 12.1 Å². The minimum atomic E-state index is -0.615. The van der Waals surface area contributed by atoms with E-state index in [1.54, 1.807) is 4.90 Å². The Morgan fingerprint density at radius 1 is 1.22 bits per heavy atom. The lowest BCUT2D eigenvalue weighted by Gasteiger charge is -2.42. The average Bonchev–Trinajstić information content (AvgIpc) is 3.38. The molecule has 2 aromatic heterocycles. The van der Waals surface area contributed by atoms with Crippen molar-refractivity contribution in [2.45, 2.75) is 71.8 Å². The van der Waals surface area contributed by atoms with Crippen LogP contribution in [0.3, 0.4) is 0 Å². The van der Waals surface area contributed by atoms with Gasteiger partial charge in [-0.1, -0.05) is 6.07 Å². The first-order chi connectivity index (χ1) is 21.4. The summed E-state index contributed by atoms with van der Waals surface area (Å²) in [7, 11) is 4.03. The van der Waals surface area contributed by atoms with E-state index in [0.29, 0.717) is 38.6 Å². The first kappa shape index (κ1) is 33.4. The maximum atomic E-state index is 13.1. The fourth-order valence-corrected chi connectivity index (χ4v) is 7.74. The quantitative estimate of drug-likeness (QED) is 0.226. The Morgan fingerprint density at radius 3 is 2.69 bits per heavy atom. The van der Waals surface area contributed by atoms with Gasteiger partial charge in [0.2, 0.25) is 0 Å². The average molecular weight is 748 g/mol. The summed E-state index contributed by atoms with van der Waals surface area (Å²) in [5.74, 6) is 0.826. The van der Waals surface area contributed by atoms with E-state index >= 15 is 0 Å². The van der Waals surface area contributed by atoms with Crippen LogP contribution < -0.4 is 14.5 Å². The maximum Gasteiger partial charge on any atom is 0.410 e. The van der Waals surface area contributed by atoms with Crippen molar-refractivity contribution >= 4 is 56.9 Å². The van der Waals surface area contributed by atoms with Crippen molar-refractivity contribution in [2.24, 2.45) is 0 Å². The molecule has 45 heavy (non-hydrogen) atoms. The fourth-order valence-electron chi connectivity index (χ4n) is 6.20. The van der Waals surface area contributed by atoms with Crippen molar-refractivity contribution in [3.63, 3.8) is 0 Å². The van der Waals surface area contributed by atoms with E-state index in [9.17, 15) is 10.1 Å². The highest BCUT2D eigenvalue weighted by Gasteiger charge is 2.36. The molecule has 0 N–H and O–H groups in total. The van der Waals surface area contributed by atoms with Crippen molar-refractivity contribution < 1.29 is 14.3 Å². The van der Waals surface area contributed by atoms with Gasteiger partial charge in [-0.2, -0.15) is 20.3 Å². The number of hydrogen-bond acceptors (Lipinski definition) is 10. The molecule has 1 saturated heterocycles. The lowest BCUT2D eigenvalue weighted by Crippen LogP contribution is -2.56. The number of aromatic nitrogens is 4. The Hall–Kier alpha value is -2.95. The Morgan fingerprint density at radius 2 is 2.00 bits per heavy atom. The third-order valence-corrected chi connectivity index (χ3v) is 9.90. The molecule has 2 aliphatic rings. The molecule has 3 atom stereocenters. The Balaban J connectivity index is 1.49. The van der Waals surface area contributed by atoms with Crippen LogP contribution in [-0.2, 0) is 17.7 Å². The van der Waals surface area contributed by atoms with Crippen molar-refractivity contribution in [1.82, 2.24) is 29.3 Å². The van der Waals surface area contributed by atoms with Crippen molar-refractivity contribution in [3.05, 3.63) is 35.2 Å². The molecule has 3 aromatic rings. The van der Waals surface area contributed by atoms with Crippen LogP contribution in [0.15, 0.2) is 18.3 Å². The molecule has 0 saturated carbocycles. The highest BCUT2D eigenvalue weighted by Crippen LogP contribution is 2.38. The number of halogens is 1. The summed E-state index contributed by atoms with van der Waals surface area (Å²) in [5.41, 5.74) is 4.92. The topological polar surface area (TPSA) is 116 Å². The third kappa shape index (κ3) is 7.55. The third-order valence-electron chi connectivity index (χ3n) is 8.01. The van der Waals surface area contributed by atoms with Gasteiger partial charge in [0.25, 0.3) is 0 Å². The van der Waals surface area contributed by atoms with Crippen LogP contribution >= 0.6 is 28.4 Å². The van der Waals surface area contributed by atoms with E-state index in [0.717, 1.165) is 47.5 Å². The van der Waals surface area contributed by atoms with Gasteiger partial charge in [0.1, 0.15) is 17.5 Å². The van der Waals surface area contributed by atoms with Gasteiger partial charge in [-0.15, -0.1) is 0 Å². The second-order valence-corrected chi connectivity index (χ2v) is 15.1. The number of aryl methyl sites for hydroxylation is 1. The molecule has 0 aliphatic carbocycles. The number of hydrogen-bond donors (Lipinski definition) is 0. The van der Waals surface area contributed by atoms with Crippen LogP contribution in [0.2, 0.25) is 0 Å². The Kier molecular flexibility index (Phi) is 10.3. The smallest absolute Gasteiger partial charge is 0.410 e. The lowest BCUT2D eigenvalue weighted by atomic mass is 10.0. The lowest BCUT2D eigenvalue weighted by molar-refractivity contribution is 0.0144. The van der Waals surface area contributed by atoms with Crippen LogP contribution in [0.1, 0.15) is 50.9 Å². The zero-order valence-corrected chi connectivity index (χ0v) is 30.3. The first-order valence-electron chi connectivity index (χ1n) is 15.3. The number of benzene rings is 1. The van der Waals surface area contributed by atoms with E-state index < -0.39 is 5.60 Å². The summed E-state index contributed by atoms with van der Waals surface area (Å²) < 4.78 is 14.0. The van der Waals surface area contributed by atoms with Gasteiger partial charge in [0.05, 0.1) is 54.5 Å². The largest absolute Gasteiger partial charge is 0.459 e. The molecule has 1 fully saturated rings. The van der Waals surface area contributed by atoms with Crippen molar-refractivity contribution in [1.29, 1.82) is 5.26 Å². The molecule has 12 nitrogen and oxygen atoms in total. The van der Waals surface area contributed by atoms with E-state index in [-0.39, 0.29) is 24.7 Å². The highest BCUT2D eigenvalue weighted by molar-refractivity contribution is 14.2. The van der Waals surface area contributed by atoms with Gasteiger partial charge in [0, 0.05) is 43.7 Å². The molecule has 4 heterocycles. The predicted octanol–water partition coefficient (Wildman–Crippen LogP) is 5.16. The molecule has 2 aliphatic heterocycles. The summed E-state index contributed by atoms with van der Waals surface area (Å²) in [4.78, 5) is 31.4. The minimum Gasteiger partial charge on any atom is -0.459 e. The normalized spacial score (nSPS) is 18.0. The van der Waals surface area contributed by atoms with E-state index in [1.807, 2.05) is 52.4 Å². The number of anilines is 2. The highest BCUT2D eigenvalue weighted by atomic mass is 127. The molecule has 0 radical (unpaired) electrons. The number of fused-ring (bicyclic) bond motifs is 2. The molecular weight excluding hydrogens is 704 g/mol. The van der Waals surface area contributed by atoms with Gasteiger partial charge in [-0.3, -0.25) is 0 Å². The SMILES string of the molecule is Cc1ccc2c(cnn2PI)c1N1CCc2c(nc(O[C@H](C)CN(C)C)nc2N2CCN(C(=O)OC(C)(C)C)C(CC#N)C2)C1. The van der Waals surface area contributed by atoms with Gasteiger partial charge in [-0.05, 0) is 88.8 Å². The standard InChI is InChI=1S/C31H43IN9O3P/c1-20-8-9-26-24(16-34-41(26)45-32)27(20)38-13-11-23-25(19-38)35-29(43-21(2)17-37(6)7)36-28(23)39-14-15-40(22(18-39)10-12-33)30(42)44-31(3,4)5/h8-9,16,21-22,45H,10-11,13-15,17-19H2,1-7H3/t21-,22?/m1/s1. The minimum absolute atomic E-state index is 0.114. The molecule has 5 rings (SSSR count). The number of nitriles is 1. The number of nitrogens with zero attached hydrogens (tertiary/aromatic N) is 9. The second-order valence-electron chi connectivity index (χ2n) is 13.1. The summed E-state index contributed by atoms with van der Waals surface area (Å²) in [5, 5.41) is 15.4. The van der Waals surface area contributed by atoms with Gasteiger partial charge in [0.15, 0.2) is 0 Å².